The lowest BCUT2D eigenvalue weighted by molar-refractivity contribution is -0.122. The summed E-state index contributed by atoms with van der Waals surface area (Å²) in [6, 6.07) is 4.08. The monoisotopic (exact) mass is 333 g/mol. The number of aryl methyl sites for hydroxylation is 1. The highest BCUT2D eigenvalue weighted by Crippen LogP contribution is 2.65. The normalized spacial score (nSPS) is 31.3. The van der Waals surface area contributed by atoms with Crippen LogP contribution < -0.4 is 5.32 Å². The Morgan fingerprint density at radius 3 is 2.52 bits per heavy atom. The molecule has 3 rings (SSSR count). The standard InChI is InChI=1S/C19H27NO2S/c1-12-5-7-15(23-12)14(21)6-8-17(22)20-16-11-13-9-10-19(16,4)18(13,2)3/h5,7,13,16H,6,8-11H2,1-4H3,(H,20,22). The van der Waals surface area contributed by atoms with Gasteiger partial charge in [-0.05, 0) is 55.1 Å². The molecule has 2 saturated carbocycles. The SMILES string of the molecule is Cc1ccc(C(=O)CCC(=O)NC2CC3CCC2(C)C3(C)C)s1. The van der Waals surface area contributed by atoms with Crippen molar-refractivity contribution in [1.29, 1.82) is 0 Å². The fourth-order valence-electron chi connectivity index (χ4n) is 4.62. The van der Waals surface area contributed by atoms with E-state index in [-0.39, 0.29) is 23.1 Å². The summed E-state index contributed by atoms with van der Waals surface area (Å²) in [5.74, 6) is 0.826. The molecule has 2 aliphatic carbocycles. The Balaban J connectivity index is 1.54. The number of ketones is 1. The Bertz CT molecular complexity index is 633. The molecule has 1 N–H and O–H groups in total. The molecule has 0 saturated heterocycles. The van der Waals surface area contributed by atoms with E-state index in [0.29, 0.717) is 24.2 Å². The van der Waals surface area contributed by atoms with Crippen molar-refractivity contribution in [3.05, 3.63) is 21.9 Å². The Hall–Kier alpha value is -1.16. The predicted molar refractivity (Wildman–Crippen MR) is 93.8 cm³/mol. The maximum absolute atomic E-state index is 12.3. The van der Waals surface area contributed by atoms with Crippen molar-refractivity contribution in [2.24, 2.45) is 16.7 Å². The van der Waals surface area contributed by atoms with Crippen LogP contribution in [0, 0.1) is 23.7 Å². The van der Waals surface area contributed by atoms with Crippen molar-refractivity contribution in [2.75, 3.05) is 0 Å². The van der Waals surface area contributed by atoms with Crippen molar-refractivity contribution in [1.82, 2.24) is 5.32 Å². The summed E-state index contributed by atoms with van der Waals surface area (Å²) in [6.45, 7) is 9.01. The number of hydrogen-bond donors (Lipinski definition) is 1. The number of thiophene rings is 1. The Morgan fingerprint density at radius 2 is 2.00 bits per heavy atom. The molecular weight excluding hydrogens is 306 g/mol. The van der Waals surface area contributed by atoms with Crippen LogP contribution in [0.5, 0.6) is 0 Å². The van der Waals surface area contributed by atoms with Crippen LogP contribution in [0.15, 0.2) is 12.1 Å². The first-order valence-electron chi connectivity index (χ1n) is 8.63. The number of hydrogen-bond acceptors (Lipinski definition) is 3. The summed E-state index contributed by atoms with van der Waals surface area (Å²) in [4.78, 5) is 26.3. The molecular formula is C19H27NO2S. The van der Waals surface area contributed by atoms with Gasteiger partial charge in [0.25, 0.3) is 0 Å². The van der Waals surface area contributed by atoms with E-state index in [4.69, 9.17) is 0 Å². The van der Waals surface area contributed by atoms with Gasteiger partial charge in [-0.2, -0.15) is 0 Å². The summed E-state index contributed by atoms with van der Waals surface area (Å²) in [6.07, 6.45) is 4.18. The van der Waals surface area contributed by atoms with Crippen molar-refractivity contribution >= 4 is 23.0 Å². The first-order valence-corrected chi connectivity index (χ1v) is 9.45. The second-order valence-corrected chi connectivity index (χ2v) is 9.35. The molecule has 1 aromatic rings. The van der Waals surface area contributed by atoms with Gasteiger partial charge in [0.1, 0.15) is 0 Å². The van der Waals surface area contributed by atoms with Crippen LogP contribution >= 0.6 is 11.3 Å². The van der Waals surface area contributed by atoms with Crippen LogP contribution in [-0.2, 0) is 4.79 Å². The highest BCUT2D eigenvalue weighted by molar-refractivity contribution is 7.14. The molecule has 2 aliphatic rings. The molecule has 4 heteroatoms. The van der Waals surface area contributed by atoms with Crippen LogP contribution in [-0.4, -0.2) is 17.7 Å². The van der Waals surface area contributed by atoms with E-state index >= 15 is 0 Å². The summed E-state index contributed by atoms with van der Waals surface area (Å²) in [5, 5.41) is 3.23. The Kier molecular flexibility index (Phi) is 4.16. The minimum atomic E-state index is 0.0289. The first kappa shape index (κ1) is 16.7. The number of amides is 1. The quantitative estimate of drug-likeness (QED) is 0.814. The topological polar surface area (TPSA) is 46.2 Å². The number of nitrogens with one attached hydrogen (secondary N) is 1. The molecule has 23 heavy (non-hydrogen) atoms. The zero-order valence-electron chi connectivity index (χ0n) is 14.6. The van der Waals surface area contributed by atoms with E-state index < -0.39 is 0 Å². The van der Waals surface area contributed by atoms with Crippen LogP contribution in [0.2, 0.25) is 0 Å². The average molecular weight is 333 g/mol. The lowest BCUT2D eigenvalue weighted by Gasteiger charge is -2.39. The summed E-state index contributed by atoms with van der Waals surface area (Å²) in [7, 11) is 0. The molecule has 1 aromatic heterocycles. The smallest absolute Gasteiger partial charge is 0.220 e. The van der Waals surface area contributed by atoms with E-state index in [2.05, 4.69) is 26.1 Å². The third kappa shape index (κ3) is 2.75. The molecule has 3 unspecified atom stereocenters. The molecule has 2 bridgehead atoms. The molecule has 3 nitrogen and oxygen atoms in total. The van der Waals surface area contributed by atoms with Gasteiger partial charge in [-0.25, -0.2) is 0 Å². The van der Waals surface area contributed by atoms with Gasteiger partial charge >= 0.3 is 0 Å². The van der Waals surface area contributed by atoms with Crippen molar-refractivity contribution in [3.63, 3.8) is 0 Å². The van der Waals surface area contributed by atoms with Gasteiger partial charge < -0.3 is 5.32 Å². The third-order valence-electron chi connectivity index (χ3n) is 6.72. The third-order valence-corrected chi connectivity index (χ3v) is 7.77. The second kappa shape index (κ2) is 5.73. The number of fused-ring (bicyclic) bond motifs is 2. The zero-order chi connectivity index (χ0) is 16.8. The molecule has 0 aliphatic heterocycles. The molecule has 1 amide bonds. The fourth-order valence-corrected chi connectivity index (χ4v) is 5.46. The van der Waals surface area contributed by atoms with Gasteiger partial charge in [0.05, 0.1) is 4.88 Å². The van der Waals surface area contributed by atoms with Gasteiger partial charge in [0.15, 0.2) is 5.78 Å². The van der Waals surface area contributed by atoms with Crippen molar-refractivity contribution in [3.8, 4) is 0 Å². The Morgan fingerprint density at radius 1 is 1.26 bits per heavy atom. The maximum atomic E-state index is 12.3. The van der Waals surface area contributed by atoms with E-state index in [1.807, 2.05) is 19.1 Å². The minimum Gasteiger partial charge on any atom is -0.353 e. The molecule has 0 aromatic carbocycles. The van der Waals surface area contributed by atoms with E-state index in [1.54, 1.807) is 0 Å². The second-order valence-electron chi connectivity index (χ2n) is 8.06. The summed E-state index contributed by atoms with van der Waals surface area (Å²) < 4.78 is 0. The summed E-state index contributed by atoms with van der Waals surface area (Å²) >= 11 is 1.51. The largest absolute Gasteiger partial charge is 0.353 e. The molecule has 0 spiro atoms. The van der Waals surface area contributed by atoms with Crippen LogP contribution in [0.1, 0.15) is 67.4 Å². The predicted octanol–water partition coefficient (Wildman–Crippen LogP) is 4.35. The van der Waals surface area contributed by atoms with Crippen molar-refractivity contribution < 1.29 is 9.59 Å². The van der Waals surface area contributed by atoms with Gasteiger partial charge in [-0.15, -0.1) is 11.3 Å². The van der Waals surface area contributed by atoms with E-state index in [9.17, 15) is 9.59 Å². The van der Waals surface area contributed by atoms with Crippen molar-refractivity contribution in [2.45, 2.75) is 65.8 Å². The highest BCUT2D eigenvalue weighted by Gasteiger charge is 2.61. The first-order chi connectivity index (χ1) is 10.7. The van der Waals surface area contributed by atoms with Crippen LogP contribution in [0.3, 0.4) is 0 Å². The van der Waals surface area contributed by atoms with Gasteiger partial charge in [0.2, 0.25) is 5.91 Å². The molecule has 126 valence electrons. The zero-order valence-corrected chi connectivity index (χ0v) is 15.4. The fraction of sp³-hybridized carbons (Fsp3) is 0.684. The number of Topliss-reactive ketones (excluding diaryl/α,β-unsaturated/α-hetero) is 1. The van der Waals surface area contributed by atoms with Crippen LogP contribution in [0.25, 0.3) is 0 Å². The van der Waals surface area contributed by atoms with E-state index in [1.165, 1.54) is 24.2 Å². The Labute approximate surface area is 142 Å². The number of carbonyl (C=O) groups excluding carboxylic acids is 2. The van der Waals surface area contributed by atoms with Gasteiger partial charge in [-0.3, -0.25) is 9.59 Å². The average Bonchev–Trinajstić information content (AvgIpc) is 3.06. The van der Waals surface area contributed by atoms with E-state index in [0.717, 1.165) is 16.2 Å². The number of carbonyl (C=O) groups is 2. The molecule has 1 heterocycles. The molecule has 3 atom stereocenters. The molecule has 0 radical (unpaired) electrons. The highest BCUT2D eigenvalue weighted by atomic mass is 32.1. The minimum absolute atomic E-state index is 0.0289. The maximum Gasteiger partial charge on any atom is 0.220 e. The van der Waals surface area contributed by atoms with Gasteiger partial charge in [-0.1, -0.05) is 20.8 Å². The summed E-state index contributed by atoms with van der Waals surface area (Å²) in [5.41, 5.74) is 0.497. The lowest BCUT2D eigenvalue weighted by Crippen LogP contribution is -2.46. The number of rotatable bonds is 5. The van der Waals surface area contributed by atoms with Crippen LogP contribution in [0.4, 0.5) is 0 Å². The molecule has 2 fully saturated rings. The van der Waals surface area contributed by atoms with Gasteiger partial charge in [0, 0.05) is 23.8 Å². The lowest BCUT2D eigenvalue weighted by atomic mass is 9.69.